The molecule has 1 fully saturated rings. The first kappa shape index (κ1) is 15.4. The van der Waals surface area contributed by atoms with Gasteiger partial charge in [0.05, 0.1) is 6.61 Å². The summed E-state index contributed by atoms with van der Waals surface area (Å²) < 4.78 is 5.89. The fourth-order valence-electron chi connectivity index (χ4n) is 3.22. The number of nitrogens with one attached hydrogen (secondary N) is 1. The number of ether oxygens (including phenoxy) is 1. The largest absolute Gasteiger partial charge is 0.494 e. The zero-order valence-electron chi connectivity index (χ0n) is 13.0. The van der Waals surface area contributed by atoms with E-state index in [2.05, 4.69) is 43.6 Å². The average molecular weight is 275 g/mol. The summed E-state index contributed by atoms with van der Waals surface area (Å²) in [5.74, 6) is 1.81. The van der Waals surface area contributed by atoms with E-state index in [4.69, 9.17) is 4.74 Å². The van der Waals surface area contributed by atoms with Gasteiger partial charge < -0.3 is 10.1 Å². The predicted octanol–water partition coefficient (Wildman–Crippen LogP) is 4.19. The summed E-state index contributed by atoms with van der Waals surface area (Å²) in [5.41, 5.74) is 1.42. The van der Waals surface area contributed by atoms with E-state index in [1.807, 2.05) is 0 Å². The van der Waals surface area contributed by atoms with Crippen LogP contribution in [0.2, 0.25) is 0 Å². The van der Waals surface area contributed by atoms with E-state index in [1.54, 1.807) is 0 Å². The first-order valence-corrected chi connectivity index (χ1v) is 8.22. The van der Waals surface area contributed by atoms with Crippen LogP contribution in [0.5, 0.6) is 5.75 Å². The Morgan fingerprint density at radius 2 is 2.00 bits per heavy atom. The Bertz CT molecular complexity index is 374. The Morgan fingerprint density at radius 1 is 1.20 bits per heavy atom. The molecule has 0 spiro atoms. The molecule has 1 N–H and O–H groups in total. The van der Waals surface area contributed by atoms with Crippen LogP contribution in [-0.4, -0.2) is 19.7 Å². The topological polar surface area (TPSA) is 21.3 Å². The number of hydrogen-bond donors (Lipinski definition) is 1. The van der Waals surface area contributed by atoms with Crippen molar-refractivity contribution >= 4 is 0 Å². The third kappa shape index (κ3) is 4.52. The molecule has 0 heterocycles. The van der Waals surface area contributed by atoms with Crippen molar-refractivity contribution in [1.29, 1.82) is 0 Å². The minimum atomic E-state index is 0.704. The number of unbranched alkanes of at least 4 members (excludes halogenated alkanes) is 1. The molecule has 0 aliphatic heterocycles. The first-order valence-electron chi connectivity index (χ1n) is 8.22. The molecular formula is C18H29NO. The molecule has 20 heavy (non-hydrogen) atoms. The lowest BCUT2D eigenvalue weighted by atomic mass is 10.0. The molecule has 0 bridgehead atoms. The van der Waals surface area contributed by atoms with Crippen LogP contribution >= 0.6 is 0 Å². The highest BCUT2D eigenvalue weighted by atomic mass is 16.5. The minimum Gasteiger partial charge on any atom is -0.494 e. The third-order valence-corrected chi connectivity index (χ3v) is 4.53. The van der Waals surface area contributed by atoms with E-state index in [1.165, 1.54) is 50.5 Å². The highest BCUT2D eigenvalue weighted by molar-refractivity contribution is 5.27. The molecule has 1 aromatic rings. The van der Waals surface area contributed by atoms with E-state index < -0.39 is 0 Å². The molecule has 1 saturated carbocycles. The maximum atomic E-state index is 5.89. The van der Waals surface area contributed by atoms with Crippen LogP contribution < -0.4 is 10.1 Å². The lowest BCUT2D eigenvalue weighted by Crippen LogP contribution is -2.29. The monoisotopic (exact) mass is 275 g/mol. The Balaban J connectivity index is 1.71. The Morgan fingerprint density at radius 3 is 2.70 bits per heavy atom. The molecule has 112 valence electrons. The first-order chi connectivity index (χ1) is 9.83. The van der Waals surface area contributed by atoms with Crippen molar-refractivity contribution in [3.63, 3.8) is 0 Å². The van der Waals surface area contributed by atoms with E-state index in [9.17, 15) is 0 Å². The highest BCUT2D eigenvalue weighted by Gasteiger charge is 2.25. The molecule has 1 aliphatic rings. The highest BCUT2D eigenvalue weighted by Crippen LogP contribution is 2.28. The second-order valence-electron chi connectivity index (χ2n) is 5.97. The van der Waals surface area contributed by atoms with E-state index in [-0.39, 0.29) is 0 Å². The van der Waals surface area contributed by atoms with Gasteiger partial charge in [-0.1, -0.05) is 31.9 Å². The van der Waals surface area contributed by atoms with Crippen molar-refractivity contribution in [2.24, 2.45) is 5.92 Å². The van der Waals surface area contributed by atoms with Gasteiger partial charge in [0.25, 0.3) is 0 Å². The van der Waals surface area contributed by atoms with Gasteiger partial charge in [-0.2, -0.15) is 0 Å². The second kappa shape index (κ2) is 8.31. The van der Waals surface area contributed by atoms with Gasteiger partial charge in [-0.25, -0.2) is 0 Å². The summed E-state index contributed by atoms with van der Waals surface area (Å²) in [6.07, 6.45) is 8.92. The Kier molecular flexibility index (Phi) is 6.38. The molecule has 1 aromatic carbocycles. The van der Waals surface area contributed by atoms with Crippen molar-refractivity contribution in [3.05, 3.63) is 29.8 Å². The van der Waals surface area contributed by atoms with Crippen LogP contribution in [0, 0.1) is 5.92 Å². The lowest BCUT2D eigenvalue weighted by Gasteiger charge is -2.19. The summed E-state index contributed by atoms with van der Waals surface area (Å²) in [4.78, 5) is 0. The van der Waals surface area contributed by atoms with Gasteiger partial charge in [-0.05, 0) is 62.8 Å². The maximum Gasteiger partial charge on any atom is 0.119 e. The van der Waals surface area contributed by atoms with Crippen LogP contribution in [-0.2, 0) is 6.42 Å². The summed E-state index contributed by atoms with van der Waals surface area (Å²) in [6.45, 7) is 3.08. The minimum absolute atomic E-state index is 0.704. The summed E-state index contributed by atoms with van der Waals surface area (Å²) in [6, 6.07) is 9.35. The predicted molar refractivity (Wildman–Crippen MR) is 85.4 cm³/mol. The molecule has 0 aromatic heterocycles. The zero-order chi connectivity index (χ0) is 14.2. The van der Waals surface area contributed by atoms with E-state index >= 15 is 0 Å². The van der Waals surface area contributed by atoms with Gasteiger partial charge in [-0.15, -0.1) is 0 Å². The normalized spacial score (nSPS) is 22.1. The Hall–Kier alpha value is -1.02. The van der Waals surface area contributed by atoms with Crippen molar-refractivity contribution < 1.29 is 4.74 Å². The van der Waals surface area contributed by atoms with E-state index in [0.29, 0.717) is 6.04 Å². The molecule has 2 nitrogen and oxygen atoms in total. The summed E-state index contributed by atoms with van der Waals surface area (Å²) in [5, 5.41) is 3.43. The Labute approximate surface area is 123 Å². The smallest absolute Gasteiger partial charge is 0.119 e. The third-order valence-electron chi connectivity index (χ3n) is 4.53. The molecule has 2 heteroatoms. The number of aryl methyl sites for hydroxylation is 1. The zero-order valence-corrected chi connectivity index (χ0v) is 13.0. The summed E-state index contributed by atoms with van der Waals surface area (Å²) >= 11 is 0. The van der Waals surface area contributed by atoms with Gasteiger partial charge in [0.1, 0.15) is 5.75 Å². The van der Waals surface area contributed by atoms with Gasteiger partial charge in [-0.3, -0.25) is 0 Å². The van der Waals surface area contributed by atoms with Crippen LogP contribution in [0.4, 0.5) is 0 Å². The van der Waals surface area contributed by atoms with Gasteiger partial charge in [0, 0.05) is 6.04 Å². The molecule has 2 atom stereocenters. The molecule has 0 amide bonds. The van der Waals surface area contributed by atoms with Crippen LogP contribution in [0.3, 0.4) is 0 Å². The molecule has 2 unspecified atom stereocenters. The van der Waals surface area contributed by atoms with Crippen molar-refractivity contribution in [3.8, 4) is 5.75 Å². The van der Waals surface area contributed by atoms with Gasteiger partial charge in [0.15, 0.2) is 0 Å². The quantitative estimate of drug-likeness (QED) is 0.768. The van der Waals surface area contributed by atoms with Crippen LogP contribution in [0.25, 0.3) is 0 Å². The van der Waals surface area contributed by atoms with Crippen molar-refractivity contribution in [2.75, 3.05) is 13.7 Å². The maximum absolute atomic E-state index is 5.89. The molecule has 0 radical (unpaired) electrons. The molecular weight excluding hydrogens is 246 g/mol. The van der Waals surface area contributed by atoms with Crippen LogP contribution in [0.15, 0.2) is 24.3 Å². The second-order valence-corrected chi connectivity index (χ2v) is 5.97. The lowest BCUT2D eigenvalue weighted by molar-refractivity contribution is 0.263. The van der Waals surface area contributed by atoms with Crippen molar-refractivity contribution in [1.82, 2.24) is 5.32 Å². The summed E-state index contributed by atoms with van der Waals surface area (Å²) in [7, 11) is 2.08. The van der Waals surface area contributed by atoms with Gasteiger partial charge in [0.2, 0.25) is 0 Å². The number of hydrogen-bond acceptors (Lipinski definition) is 2. The van der Waals surface area contributed by atoms with Crippen LogP contribution in [0.1, 0.15) is 51.0 Å². The standard InChI is InChI=1S/C18H29NO/c1-3-4-6-15-9-11-17(12-10-15)20-14-13-16-7-5-8-18(16)19-2/h9-12,16,18-19H,3-8,13-14H2,1-2H3. The van der Waals surface area contributed by atoms with Crippen molar-refractivity contribution in [2.45, 2.75) is 57.9 Å². The average Bonchev–Trinajstić information content (AvgIpc) is 2.94. The number of rotatable bonds is 8. The van der Waals surface area contributed by atoms with Gasteiger partial charge >= 0.3 is 0 Å². The fraction of sp³-hybridized carbons (Fsp3) is 0.667. The number of benzene rings is 1. The molecule has 1 aliphatic carbocycles. The SMILES string of the molecule is CCCCc1ccc(OCCC2CCCC2NC)cc1. The molecule has 2 rings (SSSR count). The molecule has 0 saturated heterocycles. The fourth-order valence-corrected chi connectivity index (χ4v) is 3.22. The van der Waals surface area contributed by atoms with E-state index in [0.717, 1.165) is 18.3 Å².